The number of nitrogens with zero attached hydrogens (tertiary/aromatic N) is 7. The van der Waals surface area contributed by atoms with Crippen LogP contribution in [-0.4, -0.2) is 61.7 Å². The van der Waals surface area contributed by atoms with E-state index in [0.29, 0.717) is 43.4 Å². The number of anilines is 3. The number of benzene rings is 1. The highest BCUT2D eigenvalue weighted by atomic mass is 16.2. The minimum Gasteiger partial charge on any atom is -0.353 e. The van der Waals surface area contributed by atoms with Crippen LogP contribution in [0.2, 0.25) is 0 Å². The number of amides is 1. The first-order chi connectivity index (χ1) is 16.2. The van der Waals surface area contributed by atoms with Gasteiger partial charge in [-0.2, -0.15) is 5.10 Å². The first-order valence-electron chi connectivity index (χ1n) is 10.8. The van der Waals surface area contributed by atoms with Gasteiger partial charge in [0.1, 0.15) is 23.3 Å². The Hall–Kier alpha value is -4.27. The van der Waals surface area contributed by atoms with Crippen molar-refractivity contribution in [1.29, 1.82) is 0 Å². The Kier molecular flexibility index (Phi) is 5.67. The van der Waals surface area contributed by atoms with E-state index < -0.39 is 0 Å². The molecule has 9 heteroatoms. The summed E-state index contributed by atoms with van der Waals surface area (Å²) in [6.07, 6.45) is 5.32. The minimum atomic E-state index is 0.0278. The van der Waals surface area contributed by atoms with Crippen LogP contribution in [0.1, 0.15) is 16.2 Å². The molecule has 1 aliphatic heterocycles. The van der Waals surface area contributed by atoms with Crippen molar-refractivity contribution < 1.29 is 4.79 Å². The fourth-order valence-corrected chi connectivity index (χ4v) is 3.87. The second kappa shape index (κ2) is 9.07. The molecule has 0 spiro atoms. The van der Waals surface area contributed by atoms with E-state index in [2.05, 4.69) is 30.3 Å². The zero-order valence-corrected chi connectivity index (χ0v) is 18.3. The predicted molar refractivity (Wildman–Crippen MR) is 126 cm³/mol. The van der Waals surface area contributed by atoms with Gasteiger partial charge in [-0.1, -0.05) is 12.1 Å². The SMILES string of the molecule is Cc1nc(Nc2ccccn2)cc(N2CCN(C(=O)c3cccc(-n4cccn4)c3)CC2)n1. The molecule has 33 heavy (non-hydrogen) atoms. The number of piperazine rings is 1. The molecule has 4 heterocycles. The maximum Gasteiger partial charge on any atom is 0.254 e. The summed E-state index contributed by atoms with van der Waals surface area (Å²) in [7, 11) is 0. The van der Waals surface area contributed by atoms with Gasteiger partial charge in [0.15, 0.2) is 0 Å². The number of aryl methyl sites for hydroxylation is 1. The normalized spacial score (nSPS) is 13.7. The van der Waals surface area contributed by atoms with Crippen molar-refractivity contribution in [3.8, 4) is 5.69 Å². The van der Waals surface area contributed by atoms with E-state index in [9.17, 15) is 4.79 Å². The van der Waals surface area contributed by atoms with Crippen molar-refractivity contribution in [1.82, 2.24) is 29.6 Å². The van der Waals surface area contributed by atoms with Gasteiger partial charge in [-0.25, -0.2) is 19.6 Å². The number of nitrogens with one attached hydrogen (secondary N) is 1. The van der Waals surface area contributed by atoms with E-state index in [0.717, 1.165) is 17.3 Å². The predicted octanol–water partition coefficient (Wildman–Crippen LogP) is 3.07. The Morgan fingerprint density at radius 2 is 1.79 bits per heavy atom. The molecule has 166 valence electrons. The van der Waals surface area contributed by atoms with Gasteiger partial charge in [-0.3, -0.25) is 4.79 Å². The number of carbonyl (C=O) groups is 1. The van der Waals surface area contributed by atoms with E-state index in [4.69, 9.17) is 0 Å². The molecule has 1 fully saturated rings. The highest BCUT2D eigenvalue weighted by Crippen LogP contribution is 2.21. The van der Waals surface area contributed by atoms with Gasteiger partial charge in [0.25, 0.3) is 5.91 Å². The highest BCUT2D eigenvalue weighted by molar-refractivity contribution is 5.95. The van der Waals surface area contributed by atoms with Crippen molar-refractivity contribution in [2.45, 2.75) is 6.92 Å². The lowest BCUT2D eigenvalue weighted by Gasteiger charge is -2.35. The monoisotopic (exact) mass is 440 g/mol. The summed E-state index contributed by atoms with van der Waals surface area (Å²) >= 11 is 0. The third kappa shape index (κ3) is 4.67. The largest absolute Gasteiger partial charge is 0.353 e. The fraction of sp³-hybridized carbons (Fsp3) is 0.208. The molecule has 5 rings (SSSR count). The molecule has 0 unspecified atom stereocenters. The quantitative estimate of drug-likeness (QED) is 0.510. The van der Waals surface area contributed by atoms with Crippen LogP contribution >= 0.6 is 0 Å². The lowest BCUT2D eigenvalue weighted by molar-refractivity contribution is 0.0746. The maximum absolute atomic E-state index is 13.1. The minimum absolute atomic E-state index is 0.0278. The zero-order chi connectivity index (χ0) is 22.6. The summed E-state index contributed by atoms with van der Waals surface area (Å²) in [4.78, 5) is 30.6. The number of hydrogen-bond acceptors (Lipinski definition) is 7. The van der Waals surface area contributed by atoms with Crippen LogP contribution in [0.4, 0.5) is 17.5 Å². The van der Waals surface area contributed by atoms with Crippen molar-refractivity contribution in [2.75, 3.05) is 36.4 Å². The lowest BCUT2D eigenvalue weighted by atomic mass is 10.1. The molecule has 4 aromatic rings. The van der Waals surface area contributed by atoms with Crippen LogP contribution in [0.5, 0.6) is 0 Å². The summed E-state index contributed by atoms with van der Waals surface area (Å²) in [5, 5.41) is 7.48. The number of pyridine rings is 1. The third-order valence-corrected chi connectivity index (χ3v) is 5.50. The van der Waals surface area contributed by atoms with Gasteiger partial charge < -0.3 is 15.1 Å². The van der Waals surface area contributed by atoms with Gasteiger partial charge in [-0.15, -0.1) is 0 Å². The molecule has 1 aliphatic rings. The van der Waals surface area contributed by atoms with Crippen LogP contribution in [0, 0.1) is 6.92 Å². The Labute approximate surface area is 191 Å². The smallest absolute Gasteiger partial charge is 0.254 e. The van der Waals surface area contributed by atoms with Gasteiger partial charge in [0, 0.05) is 56.4 Å². The molecular weight excluding hydrogens is 416 g/mol. The molecule has 0 radical (unpaired) electrons. The van der Waals surface area contributed by atoms with Gasteiger partial charge in [-0.05, 0) is 43.3 Å². The van der Waals surface area contributed by atoms with Crippen LogP contribution in [-0.2, 0) is 0 Å². The summed E-state index contributed by atoms with van der Waals surface area (Å²) in [5.41, 5.74) is 1.53. The zero-order valence-electron chi connectivity index (χ0n) is 18.3. The van der Waals surface area contributed by atoms with E-state index in [1.54, 1.807) is 17.1 Å². The molecule has 0 atom stereocenters. The van der Waals surface area contributed by atoms with Crippen LogP contribution in [0.15, 0.2) is 73.2 Å². The molecule has 3 aromatic heterocycles. The second-order valence-electron chi connectivity index (χ2n) is 7.78. The van der Waals surface area contributed by atoms with Crippen molar-refractivity contribution in [2.24, 2.45) is 0 Å². The number of carbonyl (C=O) groups excluding carboxylic acids is 1. The first-order valence-corrected chi connectivity index (χ1v) is 10.8. The molecule has 0 aliphatic carbocycles. The van der Waals surface area contributed by atoms with Crippen LogP contribution < -0.4 is 10.2 Å². The number of hydrogen-bond donors (Lipinski definition) is 1. The van der Waals surface area contributed by atoms with Crippen molar-refractivity contribution in [3.05, 3.63) is 84.6 Å². The molecule has 0 saturated carbocycles. The Morgan fingerprint density at radius 1 is 0.909 bits per heavy atom. The third-order valence-electron chi connectivity index (χ3n) is 5.50. The van der Waals surface area contributed by atoms with E-state index >= 15 is 0 Å². The van der Waals surface area contributed by atoms with E-state index in [-0.39, 0.29) is 5.91 Å². The standard InChI is InChI=1S/C24H24N8O/c1-18-27-22(29-21-8-2-3-9-25-21)17-23(28-18)30-12-14-31(15-13-30)24(33)19-6-4-7-20(16-19)32-11-5-10-26-32/h2-11,16-17H,12-15H2,1H3,(H,25,27,28,29). The molecule has 0 bridgehead atoms. The van der Waals surface area contributed by atoms with Crippen molar-refractivity contribution in [3.63, 3.8) is 0 Å². The summed E-state index contributed by atoms with van der Waals surface area (Å²) in [5.74, 6) is 2.98. The molecule has 1 amide bonds. The molecular formula is C24H24N8O. The number of aromatic nitrogens is 5. The van der Waals surface area contributed by atoms with Crippen LogP contribution in [0.3, 0.4) is 0 Å². The highest BCUT2D eigenvalue weighted by Gasteiger charge is 2.23. The molecule has 9 nitrogen and oxygen atoms in total. The summed E-state index contributed by atoms with van der Waals surface area (Å²) in [6, 6.07) is 17.0. The van der Waals surface area contributed by atoms with Gasteiger partial charge >= 0.3 is 0 Å². The molecule has 1 N–H and O–H groups in total. The Balaban J connectivity index is 1.26. The van der Waals surface area contributed by atoms with E-state index in [1.165, 1.54) is 0 Å². The maximum atomic E-state index is 13.1. The average Bonchev–Trinajstić information content (AvgIpc) is 3.39. The topological polar surface area (TPSA) is 92.1 Å². The lowest BCUT2D eigenvalue weighted by Crippen LogP contribution is -2.49. The van der Waals surface area contributed by atoms with Gasteiger partial charge in [0.2, 0.25) is 0 Å². The van der Waals surface area contributed by atoms with E-state index in [1.807, 2.05) is 72.6 Å². The molecule has 1 saturated heterocycles. The Bertz CT molecular complexity index is 1230. The van der Waals surface area contributed by atoms with Crippen molar-refractivity contribution >= 4 is 23.4 Å². The summed E-state index contributed by atoms with van der Waals surface area (Å²) in [6.45, 7) is 4.52. The average molecular weight is 441 g/mol. The Morgan fingerprint density at radius 3 is 2.55 bits per heavy atom. The number of rotatable bonds is 5. The second-order valence-corrected chi connectivity index (χ2v) is 7.78. The van der Waals surface area contributed by atoms with Gasteiger partial charge in [0.05, 0.1) is 5.69 Å². The summed E-state index contributed by atoms with van der Waals surface area (Å²) < 4.78 is 1.75. The fourth-order valence-electron chi connectivity index (χ4n) is 3.87. The first kappa shape index (κ1) is 20.6. The van der Waals surface area contributed by atoms with Crippen LogP contribution in [0.25, 0.3) is 5.69 Å². The molecule has 1 aromatic carbocycles.